The number of hydrazone groups is 1. The minimum Gasteiger partial charge on any atom is -0.321 e. The largest absolute Gasteiger partial charge is 0.321 e. The van der Waals surface area contributed by atoms with Gasteiger partial charge in [-0.05, 0) is 29.8 Å². The van der Waals surface area contributed by atoms with Crippen LogP contribution in [-0.4, -0.2) is 29.8 Å². The van der Waals surface area contributed by atoms with E-state index in [9.17, 15) is 17.6 Å². The van der Waals surface area contributed by atoms with Crippen LogP contribution in [0.2, 0.25) is 5.02 Å². The van der Waals surface area contributed by atoms with Crippen LogP contribution in [0.15, 0.2) is 82.7 Å². The summed E-state index contributed by atoms with van der Waals surface area (Å²) in [4.78, 5) is 16.2. The lowest BCUT2D eigenvalue weighted by Gasteiger charge is -2.21. The van der Waals surface area contributed by atoms with Crippen LogP contribution in [0.3, 0.4) is 0 Å². The van der Waals surface area contributed by atoms with E-state index in [0.717, 1.165) is 16.2 Å². The summed E-state index contributed by atoms with van der Waals surface area (Å²) < 4.78 is 40.7. The summed E-state index contributed by atoms with van der Waals surface area (Å²) in [6.07, 6.45) is 1.04. The molecule has 1 aromatic heterocycles. The fourth-order valence-corrected chi connectivity index (χ4v) is 5.44. The number of hydrogen-bond donors (Lipinski definition) is 1. The smallest absolute Gasteiger partial charge is 0.258 e. The van der Waals surface area contributed by atoms with Crippen LogP contribution in [-0.2, 0) is 10.0 Å². The van der Waals surface area contributed by atoms with Crippen LogP contribution < -0.4 is 5.56 Å². The molecule has 0 radical (unpaired) electrons. The predicted octanol–water partition coefficient (Wildman–Crippen LogP) is 5.10. The molecule has 0 saturated heterocycles. The van der Waals surface area contributed by atoms with E-state index in [1.165, 1.54) is 18.2 Å². The maximum absolute atomic E-state index is 14.7. The molecule has 4 aromatic rings. The molecule has 172 valence electrons. The second kappa shape index (κ2) is 8.38. The van der Waals surface area contributed by atoms with Crippen LogP contribution in [0.25, 0.3) is 22.0 Å². The molecule has 1 aliphatic heterocycles. The number of nitrogens with zero attached hydrogens (tertiary/aromatic N) is 2. The number of H-pyrrole nitrogens is 1. The molecule has 0 spiro atoms. The highest BCUT2D eigenvalue weighted by molar-refractivity contribution is 7.88. The molecule has 1 aliphatic rings. The molecule has 0 bridgehead atoms. The number of rotatable bonds is 4. The molecule has 0 amide bonds. The highest BCUT2D eigenvalue weighted by Crippen LogP contribution is 2.38. The van der Waals surface area contributed by atoms with Crippen molar-refractivity contribution in [3.63, 3.8) is 0 Å². The SMILES string of the molecule is CS(=O)(=O)N1N=C(c2c(-c3ccccc3)c3cc(Cl)ccc3[nH]c2=O)C[C@@H]1c1ccccc1F. The first kappa shape index (κ1) is 22.3. The van der Waals surface area contributed by atoms with Crippen LogP contribution in [0, 0.1) is 5.82 Å². The first-order valence-corrected chi connectivity index (χ1v) is 12.7. The van der Waals surface area contributed by atoms with Crippen LogP contribution in [0.5, 0.6) is 0 Å². The van der Waals surface area contributed by atoms with E-state index in [1.807, 2.05) is 30.3 Å². The third-order valence-electron chi connectivity index (χ3n) is 5.80. The first-order valence-electron chi connectivity index (χ1n) is 10.5. The van der Waals surface area contributed by atoms with Crippen molar-refractivity contribution >= 4 is 38.2 Å². The Kier molecular flexibility index (Phi) is 5.50. The number of hydrogen-bond acceptors (Lipinski definition) is 4. The lowest BCUT2D eigenvalue weighted by molar-refractivity contribution is 0.365. The minimum atomic E-state index is -3.85. The number of aromatic nitrogens is 1. The molecule has 0 saturated carbocycles. The summed E-state index contributed by atoms with van der Waals surface area (Å²) in [5.74, 6) is -0.542. The van der Waals surface area contributed by atoms with Crippen molar-refractivity contribution in [3.05, 3.63) is 105 Å². The molecular weight excluding hydrogens is 477 g/mol. The lowest BCUT2D eigenvalue weighted by atomic mass is 9.91. The van der Waals surface area contributed by atoms with E-state index in [-0.39, 0.29) is 23.3 Å². The molecule has 1 N–H and O–H groups in total. The van der Waals surface area contributed by atoms with Gasteiger partial charge in [-0.3, -0.25) is 4.79 Å². The van der Waals surface area contributed by atoms with Gasteiger partial charge in [-0.2, -0.15) is 9.52 Å². The van der Waals surface area contributed by atoms with Gasteiger partial charge in [0, 0.05) is 33.5 Å². The molecule has 6 nitrogen and oxygen atoms in total. The maximum atomic E-state index is 14.7. The molecule has 1 atom stereocenters. The predicted molar refractivity (Wildman–Crippen MR) is 132 cm³/mol. The topological polar surface area (TPSA) is 82.6 Å². The Balaban J connectivity index is 1.79. The second-order valence-corrected chi connectivity index (χ2v) is 10.4. The van der Waals surface area contributed by atoms with Crippen molar-refractivity contribution in [2.75, 3.05) is 6.26 Å². The molecule has 0 fully saturated rings. The first-order chi connectivity index (χ1) is 16.2. The Morgan fingerprint density at radius 1 is 1.03 bits per heavy atom. The number of sulfonamides is 1. The number of benzene rings is 3. The summed E-state index contributed by atoms with van der Waals surface area (Å²) in [6.45, 7) is 0. The van der Waals surface area contributed by atoms with Gasteiger partial charge < -0.3 is 4.98 Å². The van der Waals surface area contributed by atoms with Gasteiger partial charge in [-0.15, -0.1) is 0 Å². The van der Waals surface area contributed by atoms with Crippen molar-refractivity contribution in [2.24, 2.45) is 5.10 Å². The highest BCUT2D eigenvalue weighted by Gasteiger charge is 2.37. The lowest BCUT2D eigenvalue weighted by Crippen LogP contribution is -2.26. The average Bonchev–Trinajstić information content (AvgIpc) is 3.25. The van der Waals surface area contributed by atoms with Crippen LogP contribution in [0.4, 0.5) is 4.39 Å². The van der Waals surface area contributed by atoms with E-state index >= 15 is 0 Å². The third-order valence-corrected chi connectivity index (χ3v) is 7.05. The zero-order valence-electron chi connectivity index (χ0n) is 18.0. The van der Waals surface area contributed by atoms with Gasteiger partial charge in [0.15, 0.2) is 0 Å². The van der Waals surface area contributed by atoms with Crippen molar-refractivity contribution < 1.29 is 12.8 Å². The average molecular weight is 496 g/mol. The zero-order valence-corrected chi connectivity index (χ0v) is 19.6. The number of pyridine rings is 1. The number of nitrogens with one attached hydrogen (secondary N) is 1. The van der Waals surface area contributed by atoms with Gasteiger partial charge in [-0.1, -0.05) is 60.1 Å². The van der Waals surface area contributed by atoms with Gasteiger partial charge in [0.2, 0.25) is 10.0 Å². The summed E-state index contributed by atoms with van der Waals surface area (Å²) in [5, 5.41) is 5.52. The van der Waals surface area contributed by atoms with E-state index in [0.29, 0.717) is 21.5 Å². The van der Waals surface area contributed by atoms with Crippen LogP contribution >= 0.6 is 11.6 Å². The molecule has 9 heteroatoms. The number of aromatic amines is 1. The molecule has 5 rings (SSSR count). The van der Waals surface area contributed by atoms with Gasteiger partial charge in [0.1, 0.15) is 5.82 Å². The van der Waals surface area contributed by atoms with Crippen molar-refractivity contribution in [1.29, 1.82) is 0 Å². The van der Waals surface area contributed by atoms with Crippen LogP contribution in [0.1, 0.15) is 23.6 Å². The Morgan fingerprint density at radius 3 is 2.44 bits per heavy atom. The Morgan fingerprint density at radius 2 is 1.74 bits per heavy atom. The molecule has 34 heavy (non-hydrogen) atoms. The Hall–Kier alpha value is -3.49. The second-order valence-electron chi connectivity index (χ2n) is 8.08. The standard InChI is InChI=1S/C25H19ClFN3O3S/c1-34(32,33)30-22(17-9-5-6-10-19(17)27)14-21(29-30)24-23(15-7-3-2-4-8-15)18-13-16(26)11-12-20(18)28-25(24)31/h2-13,22H,14H2,1H3,(H,28,31)/t22-/m1/s1. The molecule has 0 aliphatic carbocycles. The quantitative estimate of drug-likeness (QED) is 0.427. The summed E-state index contributed by atoms with van der Waals surface area (Å²) >= 11 is 6.28. The van der Waals surface area contributed by atoms with Gasteiger partial charge >= 0.3 is 0 Å². The molecule has 2 heterocycles. The Labute approximate surface area is 200 Å². The normalized spacial score (nSPS) is 16.1. The van der Waals surface area contributed by atoms with Gasteiger partial charge in [0.05, 0.1) is 23.6 Å². The fourth-order valence-electron chi connectivity index (χ4n) is 4.37. The fraction of sp³-hybridized carbons (Fsp3) is 0.120. The number of halogens is 2. The van der Waals surface area contributed by atoms with E-state index in [1.54, 1.807) is 24.3 Å². The summed E-state index contributed by atoms with van der Waals surface area (Å²) in [6, 6.07) is 19.5. The van der Waals surface area contributed by atoms with E-state index in [2.05, 4.69) is 10.1 Å². The Bertz CT molecular complexity index is 1620. The van der Waals surface area contributed by atoms with Gasteiger partial charge in [0.25, 0.3) is 5.56 Å². The van der Waals surface area contributed by atoms with Crippen molar-refractivity contribution in [1.82, 2.24) is 9.40 Å². The molecular formula is C25H19ClFN3O3S. The highest BCUT2D eigenvalue weighted by atomic mass is 35.5. The number of fused-ring (bicyclic) bond motifs is 1. The zero-order chi connectivity index (χ0) is 24.0. The monoisotopic (exact) mass is 495 g/mol. The summed E-state index contributed by atoms with van der Waals surface area (Å²) in [7, 11) is -3.85. The van der Waals surface area contributed by atoms with Gasteiger partial charge in [-0.25, -0.2) is 12.8 Å². The maximum Gasteiger partial charge on any atom is 0.258 e. The summed E-state index contributed by atoms with van der Waals surface area (Å²) in [5.41, 5.74) is 2.17. The third kappa shape index (κ3) is 3.89. The van der Waals surface area contributed by atoms with E-state index < -0.39 is 27.4 Å². The van der Waals surface area contributed by atoms with Crippen molar-refractivity contribution in [3.8, 4) is 11.1 Å². The van der Waals surface area contributed by atoms with Crippen molar-refractivity contribution in [2.45, 2.75) is 12.5 Å². The van der Waals surface area contributed by atoms with E-state index in [4.69, 9.17) is 11.6 Å². The molecule has 0 unspecified atom stereocenters. The molecule has 3 aromatic carbocycles. The minimum absolute atomic E-state index is 0.0307.